The van der Waals surface area contributed by atoms with Crippen molar-refractivity contribution in [1.29, 1.82) is 0 Å². The van der Waals surface area contributed by atoms with Crippen molar-refractivity contribution in [3.05, 3.63) is 29.8 Å². The molecule has 1 aromatic carbocycles. The molecular formula is C13H17F4NO2. The minimum absolute atomic E-state index is 0.0637. The van der Waals surface area contributed by atoms with Crippen LogP contribution in [0.4, 0.5) is 17.6 Å². The number of alkyl halides is 4. The first-order valence-electron chi connectivity index (χ1n) is 6.17. The van der Waals surface area contributed by atoms with Crippen LogP contribution in [-0.4, -0.2) is 23.7 Å². The Morgan fingerprint density at radius 2 is 1.90 bits per heavy atom. The van der Waals surface area contributed by atoms with Gasteiger partial charge in [0.15, 0.2) is 0 Å². The van der Waals surface area contributed by atoms with Gasteiger partial charge in [-0.3, -0.25) is 0 Å². The first kappa shape index (κ1) is 16.7. The second-order valence-electron chi connectivity index (χ2n) is 4.38. The molecule has 7 heteroatoms. The van der Waals surface area contributed by atoms with Gasteiger partial charge in [-0.25, -0.2) is 0 Å². The van der Waals surface area contributed by atoms with Gasteiger partial charge in [0.25, 0.3) is 0 Å². The predicted molar refractivity (Wildman–Crippen MR) is 65.9 cm³/mol. The van der Waals surface area contributed by atoms with E-state index in [4.69, 9.17) is 5.73 Å². The summed E-state index contributed by atoms with van der Waals surface area (Å²) in [6.45, 7) is 1.82. The minimum Gasteiger partial charge on any atom is -0.428 e. The number of nitrogens with two attached hydrogens (primary N) is 1. The van der Waals surface area contributed by atoms with Crippen LogP contribution in [-0.2, 0) is 0 Å². The normalized spacial score (nSPS) is 15.2. The van der Waals surface area contributed by atoms with E-state index >= 15 is 0 Å². The first-order chi connectivity index (χ1) is 9.29. The van der Waals surface area contributed by atoms with Crippen LogP contribution in [0.15, 0.2) is 24.3 Å². The lowest BCUT2D eigenvalue weighted by Gasteiger charge is -2.24. The van der Waals surface area contributed by atoms with Crippen LogP contribution in [0, 0.1) is 0 Å². The summed E-state index contributed by atoms with van der Waals surface area (Å²) >= 11 is 0. The van der Waals surface area contributed by atoms with E-state index in [1.165, 1.54) is 18.2 Å². The number of ether oxygens (including phenoxy) is 1. The summed E-state index contributed by atoms with van der Waals surface area (Å²) < 4.78 is 54.3. The summed E-state index contributed by atoms with van der Waals surface area (Å²) in [7, 11) is 0. The number of halogens is 4. The third-order valence-corrected chi connectivity index (χ3v) is 2.78. The molecule has 0 aliphatic rings. The molecule has 3 nitrogen and oxygen atoms in total. The molecule has 2 atom stereocenters. The Labute approximate surface area is 114 Å². The van der Waals surface area contributed by atoms with Crippen molar-refractivity contribution in [2.75, 3.05) is 0 Å². The highest BCUT2D eigenvalue weighted by Gasteiger charge is 2.44. The van der Waals surface area contributed by atoms with Gasteiger partial charge >= 0.3 is 12.5 Å². The molecule has 1 rings (SSSR count). The Bertz CT molecular complexity index is 429. The average Bonchev–Trinajstić information content (AvgIpc) is 2.38. The van der Waals surface area contributed by atoms with Gasteiger partial charge in [-0.2, -0.15) is 17.6 Å². The standard InChI is InChI=1S/C13H17F4NO2/c1-2-5-9(19)11(18)8-6-3-4-7-10(8)20-13(16,17)12(14)15/h3-4,6-7,9,11-12,19H,2,5,18H2,1H3/t9-,11+/m1/s1. The fraction of sp³-hybridized carbons (Fsp3) is 0.538. The Morgan fingerprint density at radius 3 is 2.45 bits per heavy atom. The maximum absolute atomic E-state index is 12.9. The molecule has 3 N–H and O–H groups in total. The molecule has 0 fully saturated rings. The SMILES string of the molecule is CCC[C@@H](O)[C@@H](N)c1ccccc1OC(F)(F)C(F)F. The number of aliphatic hydroxyl groups is 1. The quantitative estimate of drug-likeness (QED) is 0.760. The third kappa shape index (κ3) is 4.08. The van der Waals surface area contributed by atoms with Crippen molar-refractivity contribution in [1.82, 2.24) is 0 Å². The molecule has 0 radical (unpaired) electrons. The molecule has 0 unspecified atom stereocenters. The maximum Gasteiger partial charge on any atom is 0.461 e. The minimum atomic E-state index is -4.61. The van der Waals surface area contributed by atoms with Gasteiger partial charge in [0.2, 0.25) is 0 Å². The number of rotatable bonds is 7. The topological polar surface area (TPSA) is 55.5 Å². The molecule has 0 aromatic heterocycles. The highest BCUT2D eigenvalue weighted by molar-refractivity contribution is 5.36. The number of hydrogen-bond acceptors (Lipinski definition) is 3. The zero-order valence-electron chi connectivity index (χ0n) is 10.9. The van der Waals surface area contributed by atoms with E-state index in [1.54, 1.807) is 0 Å². The molecule has 114 valence electrons. The second-order valence-corrected chi connectivity index (χ2v) is 4.38. The summed E-state index contributed by atoms with van der Waals surface area (Å²) in [5.41, 5.74) is 5.82. The molecule has 0 amide bonds. The predicted octanol–water partition coefficient (Wildman–Crippen LogP) is 3.08. The van der Waals surface area contributed by atoms with Crippen LogP contribution < -0.4 is 10.5 Å². The van der Waals surface area contributed by atoms with Crippen LogP contribution in [0.1, 0.15) is 31.4 Å². The van der Waals surface area contributed by atoms with Crippen LogP contribution >= 0.6 is 0 Å². The van der Waals surface area contributed by atoms with E-state index < -0.39 is 30.4 Å². The largest absolute Gasteiger partial charge is 0.461 e. The van der Waals surface area contributed by atoms with Crippen molar-refractivity contribution in [3.8, 4) is 5.75 Å². The lowest BCUT2D eigenvalue weighted by atomic mass is 9.98. The molecule has 1 aromatic rings. The molecule has 0 heterocycles. The highest BCUT2D eigenvalue weighted by Crippen LogP contribution is 2.33. The van der Waals surface area contributed by atoms with Crippen molar-refractivity contribution >= 4 is 0 Å². The van der Waals surface area contributed by atoms with Gasteiger partial charge in [-0.05, 0) is 12.5 Å². The highest BCUT2D eigenvalue weighted by atomic mass is 19.3. The molecular weight excluding hydrogens is 278 g/mol. The number of aliphatic hydroxyl groups excluding tert-OH is 1. The lowest BCUT2D eigenvalue weighted by Crippen LogP contribution is -2.35. The summed E-state index contributed by atoms with van der Waals surface area (Å²) in [5.74, 6) is -0.458. The van der Waals surface area contributed by atoms with Crippen LogP contribution in [0.5, 0.6) is 5.75 Å². The van der Waals surface area contributed by atoms with Crippen LogP contribution in [0.25, 0.3) is 0 Å². The van der Waals surface area contributed by atoms with Crippen molar-refractivity contribution in [2.24, 2.45) is 5.73 Å². The zero-order chi connectivity index (χ0) is 15.3. The molecule has 0 spiro atoms. The average molecular weight is 295 g/mol. The summed E-state index contributed by atoms with van der Waals surface area (Å²) in [4.78, 5) is 0. The van der Waals surface area contributed by atoms with Gasteiger partial charge in [-0.15, -0.1) is 0 Å². The molecule has 0 bridgehead atoms. The summed E-state index contributed by atoms with van der Waals surface area (Å²) in [6, 6.07) is 4.35. The van der Waals surface area contributed by atoms with E-state index in [2.05, 4.69) is 4.74 Å². The van der Waals surface area contributed by atoms with Crippen molar-refractivity contribution in [3.63, 3.8) is 0 Å². The van der Waals surface area contributed by atoms with E-state index in [-0.39, 0.29) is 5.56 Å². The summed E-state index contributed by atoms with van der Waals surface area (Å²) in [6.07, 6.45) is -8.52. The Hall–Kier alpha value is -1.34. The van der Waals surface area contributed by atoms with E-state index in [0.29, 0.717) is 12.8 Å². The van der Waals surface area contributed by atoms with E-state index in [0.717, 1.165) is 6.07 Å². The Morgan fingerprint density at radius 1 is 1.30 bits per heavy atom. The summed E-state index contributed by atoms with van der Waals surface area (Å²) in [5, 5.41) is 9.79. The monoisotopic (exact) mass is 295 g/mol. The molecule has 0 aliphatic heterocycles. The Balaban J connectivity index is 2.99. The lowest BCUT2D eigenvalue weighted by molar-refractivity contribution is -0.253. The molecule has 0 aliphatic carbocycles. The van der Waals surface area contributed by atoms with Gasteiger partial charge in [0, 0.05) is 5.56 Å². The smallest absolute Gasteiger partial charge is 0.428 e. The molecule has 0 saturated carbocycles. The van der Waals surface area contributed by atoms with E-state index in [9.17, 15) is 22.7 Å². The number of hydrogen-bond donors (Lipinski definition) is 2. The first-order valence-corrected chi connectivity index (χ1v) is 6.17. The van der Waals surface area contributed by atoms with Gasteiger partial charge in [0.1, 0.15) is 5.75 Å². The van der Waals surface area contributed by atoms with Crippen molar-refractivity contribution in [2.45, 2.75) is 44.4 Å². The number of para-hydroxylation sites is 1. The van der Waals surface area contributed by atoms with Crippen LogP contribution in [0.3, 0.4) is 0 Å². The molecule has 0 saturated heterocycles. The third-order valence-electron chi connectivity index (χ3n) is 2.78. The van der Waals surface area contributed by atoms with Gasteiger partial charge in [0.05, 0.1) is 12.1 Å². The maximum atomic E-state index is 12.9. The van der Waals surface area contributed by atoms with Crippen LogP contribution in [0.2, 0.25) is 0 Å². The van der Waals surface area contributed by atoms with E-state index in [1.807, 2.05) is 6.92 Å². The second kappa shape index (κ2) is 6.90. The zero-order valence-corrected chi connectivity index (χ0v) is 10.9. The fourth-order valence-corrected chi connectivity index (χ4v) is 1.72. The van der Waals surface area contributed by atoms with Gasteiger partial charge in [-0.1, -0.05) is 31.5 Å². The Kier molecular flexibility index (Phi) is 5.76. The number of benzene rings is 1. The van der Waals surface area contributed by atoms with Crippen molar-refractivity contribution < 1.29 is 27.4 Å². The molecule has 20 heavy (non-hydrogen) atoms. The fourth-order valence-electron chi connectivity index (χ4n) is 1.72. The van der Waals surface area contributed by atoms with Gasteiger partial charge < -0.3 is 15.6 Å².